The normalized spacial score (nSPS) is 16.2. The van der Waals surface area contributed by atoms with Crippen LogP contribution in [-0.2, 0) is 21.0 Å². The molecule has 2 aliphatic rings. The number of amides is 2. The lowest BCUT2D eigenvalue weighted by Gasteiger charge is -2.33. The minimum atomic E-state index is -0.519. The Bertz CT molecular complexity index is 1590. The molecule has 42 heavy (non-hydrogen) atoms. The van der Waals surface area contributed by atoms with Crippen molar-refractivity contribution in [3.05, 3.63) is 112 Å². The van der Waals surface area contributed by atoms with Crippen LogP contribution < -0.4 is 20.7 Å². The molecular formula is C33H30N4O4S. The number of carbonyl (C=O) groups is 3. The van der Waals surface area contributed by atoms with E-state index in [1.807, 2.05) is 54.6 Å². The number of hydrogen-bond acceptors (Lipinski definition) is 7. The number of benzene rings is 3. The highest BCUT2D eigenvalue weighted by Gasteiger charge is 2.37. The lowest BCUT2D eigenvalue weighted by atomic mass is 9.77. The molecule has 1 heterocycles. The Kier molecular flexibility index (Phi) is 9.05. The van der Waals surface area contributed by atoms with Crippen molar-refractivity contribution in [3.8, 4) is 11.8 Å². The number of hydrogen-bond donors (Lipinski definition) is 3. The number of thioether (sulfide) groups is 1. The third-order valence-electron chi connectivity index (χ3n) is 6.96. The van der Waals surface area contributed by atoms with Crippen molar-refractivity contribution in [1.82, 2.24) is 5.32 Å². The van der Waals surface area contributed by atoms with Gasteiger partial charge in [-0.1, -0.05) is 54.2 Å². The Balaban J connectivity index is 1.32. The van der Waals surface area contributed by atoms with Crippen LogP contribution in [0.15, 0.2) is 101 Å². The molecule has 212 valence electrons. The van der Waals surface area contributed by atoms with Gasteiger partial charge in [-0.05, 0) is 60.4 Å². The summed E-state index contributed by atoms with van der Waals surface area (Å²) < 4.78 is 5.94. The van der Waals surface area contributed by atoms with Crippen LogP contribution in [0.3, 0.4) is 0 Å². The fraction of sp³-hybridized carbons (Fsp3) is 0.212. The van der Waals surface area contributed by atoms with E-state index in [2.05, 4.69) is 22.0 Å². The molecule has 0 radical (unpaired) electrons. The van der Waals surface area contributed by atoms with Gasteiger partial charge in [-0.3, -0.25) is 14.4 Å². The topological polar surface area (TPSA) is 120 Å². The van der Waals surface area contributed by atoms with E-state index in [-0.39, 0.29) is 23.4 Å². The van der Waals surface area contributed by atoms with Crippen LogP contribution in [-0.4, -0.2) is 23.4 Å². The molecule has 0 saturated heterocycles. The molecule has 9 heteroatoms. The van der Waals surface area contributed by atoms with Crippen LogP contribution in [0.2, 0.25) is 0 Å². The summed E-state index contributed by atoms with van der Waals surface area (Å²) in [4.78, 5) is 37.1. The van der Waals surface area contributed by atoms with Gasteiger partial charge < -0.3 is 20.7 Å². The monoisotopic (exact) mass is 578 g/mol. The van der Waals surface area contributed by atoms with E-state index in [9.17, 15) is 19.6 Å². The third kappa shape index (κ3) is 6.90. The summed E-state index contributed by atoms with van der Waals surface area (Å²) >= 11 is 1.24. The maximum absolute atomic E-state index is 13.1. The summed E-state index contributed by atoms with van der Waals surface area (Å²) in [5.41, 5.74) is 4.98. The van der Waals surface area contributed by atoms with E-state index in [4.69, 9.17) is 4.74 Å². The maximum Gasteiger partial charge on any atom is 0.234 e. The van der Waals surface area contributed by atoms with Crippen LogP contribution in [0.5, 0.6) is 5.75 Å². The molecule has 3 N–H and O–H groups in total. The highest BCUT2D eigenvalue weighted by molar-refractivity contribution is 8.03. The Morgan fingerprint density at radius 1 is 0.976 bits per heavy atom. The van der Waals surface area contributed by atoms with Gasteiger partial charge in [0.05, 0.1) is 28.3 Å². The van der Waals surface area contributed by atoms with E-state index >= 15 is 0 Å². The van der Waals surface area contributed by atoms with Crippen molar-refractivity contribution in [2.75, 3.05) is 16.4 Å². The summed E-state index contributed by atoms with van der Waals surface area (Å²) in [6.45, 7) is 1.87. The number of Topliss-reactive ketones (excluding diaryl/α,β-unsaturated/α-hetero) is 1. The van der Waals surface area contributed by atoms with Gasteiger partial charge in [-0.2, -0.15) is 5.26 Å². The van der Waals surface area contributed by atoms with Crippen molar-refractivity contribution < 1.29 is 19.1 Å². The largest absolute Gasteiger partial charge is 0.489 e. The first-order valence-corrected chi connectivity index (χ1v) is 14.6. The molecule has 0 bridgehead atoms. The number of ether oxygens (including phenoxy) is 1. The molecule has 0 fully saturated rings. The average Bonchev–Trinajstić information content (AvgIpc) is 3.00. The number of nitrogens with one attached hydrogen (secondary N) is 3. The molecule has 0 spiro atoms. The number of allylic oxidation sites excluding steroid dienone is 3. The highest BCUT2D eigenvalue weighted by atomic mass is 32.2. The van der Waals surface area contributed by atoms with Crippen molar-refractivity contribution in [3.63, 3.8) is 0 Å². The van der Waals surface area contributed by atoms with Gasteiger partial charge >= 0.3 is 0 Å². The number of rotatable bonds is 9. The predicted octanol–water partition coefficient (Wildman–Crippen LogP) is 6.02. The molecule has 0 aromatic heterocycles. The third-order valence-corrected chi connectivity index (χ3v) is 7.98. The van der Waals surface area contributed by atoms with Crippen molar-refractivity contribution in [1.29, 1.82) is 5.26 Å². The Labute approximate surface area is 248 Å². The molecular weight excluding hydrogens is 548 g/mol. The number of anilines is 2. The summed E-state index contributed by atoms with van der Waals surface area (Å²) in [5, 5.41) is 19.7. The lowest BCUT2D eigenvalue weighted by molar-refractivity contribution is -0.116. The van der Waals surface area contributed by atoms with Crippen molar-refractivity contribution in [2.24, 2.45) is 0 Å². The summed E-state index contributed by atoms with van der Waals surface area (Å²) in [6.07, 6.45) is 1.88. The molecule has 5 rings (SSSR count). The first-order valence-electron chi connectivity index (χ1n) is 13.7. The number of dihydropyridines is 1. The molecule has 0 saturated carbocycles. The fourth-order valence-electron chi connectivity index (χ4n) is 5.04. The number of nitriles is 1. The minimum Gasteiger partial charge on any atom is -0.489 e. The molecule has 1 aliphatic carbocycles. The zero-order valence-corrected chi connectivity index (χ0v) is 23.9. The van der Waals surface area contributed by atoms with E-state index in [0.717, 1.165) is 23.2 Å². The highest BCUT2D eigenvalue weighted by Crippen LogP contribution is 2.44. The van der Waals surface area contributed by atoms with Gasteiger partial charge in [-0.25, -0.2) is 0 Å². The van der Waals surface area contributed by atoms with E-state index in [1.165, 1.54) is 18.7 Å². The Morgan fingerprint density at radius 3 is 2.33 bits per heavy atom. The predicted molar refractivity (Wildman–Crippen MR) is 163 cm³/mol. The van der Waals surface area contributed by atoms with Gasteiger partial charge in [0.25, 0.3) is 0 Å². The Morgan fingerprint density at radius 2 is 1.67 bits per heavy atom. The quantitative estimate of drug-likeness (QED) is 0.284. The minimum absolute atomic E-state index is 0.0374. The van der Waals surface area contributed by atoms with Gasteiger partial charge in [0, 0.05) is 36.0 Å². The zero-order valence-electron chi connectivity index (χ0n) is 23.1. The van der Waals surface area contributed by atoms with Crippen molar-refractivity contribution in [2.45, 2.75) is 38.7 Å². The molecule has 0 unspecified atom stereocenters. The second-order valence-corrected chi connectivity index (χ2v) is 11.0. The molecule has 1 atom stereocenters. The average molecular weight is 579 g/mol. The van der Waals surface area contributed by atoms with Crippen LogP contribution in [0.1, 0.15) is 43.2 Å². The fourth-order valence-corrected chi connectivity index (χ4v) is 5.91. The summed E-state index contributed by atoms with van der Waals surface area (Å²) in [7, 11) is 0. The second-order valence-electron chi connectivity index (χ2n) is 10.0. The van der Waals surface area contributed by atoms with Crippen LogP contribution in [0, 0.1) is 11.3 Å². The lowest BCUT2D eigenvalue weighted by Crippen LogP contribution is -2.31. The summed E-state index contributed by atoms with van der Waals surface area (Å²) in [6, 6.07) is 26.6. The second kappa shape index (κ2) is 13.2. The number of carbonyl (C=O) groups excluding carboxylic acids is 3. The SMILES string of the molecule is CC(=O)Nc1ccc(NC(=O)CSC2=C(C#N)[C@@H](c3ccc(OCc4ccccc4)cc3)C3=C(CCCC3=O)N2)cc1. The van der Waals surface area contributed by atoms with E-state index in [1.54, 1.807) is 24.3 Å². The van der Waals surface area contributed by atoms with Gasteiger partial charge in [0.15, 0.2) is 5.78 Å². The smallest absolute Gasteiger partial charge is 0.234 e. The standard InChI is InChI=1S/C33H30N4O4S/c1-21(38)35-24-12-14-25(15-13-24)36-30(40)20-42-33-27(18-34)31(32-28(37-33)8-5-9-29(32)39)23-10-16-26(17-11-23)41-19-22-6-3-2-4-7-22/h2-4,6-7,10-17,31,37H,5,8-9,19-20H2,1H3,(H,35,38)(H,36,40)/t31-/m1/s1. The molecule has 1 aliphatic heterocycles. The van der Waals surface area contributed by atoms with Gasteiger partial charge in [0.2, 0.25) is 11.8 Å². The van der Waals surface area contributed by atoms with Crippen molar-refractivity contribution >= 4 is 40.7 Å². The number of nitrogens with zero attached hydrogens (tertiary/aromatic N) is 1. The van der Waals surface area contributed by atoms with Crippen LogP contribution in [0.25, 0.3) is 0 Å². The maximum atomic E-state index is 13.1. The zero-order chi connectivity index (χ0) is 29.5. The molecule has 8 nitrogen and oxygen atoms in total. The van der Waals surface area contributed by atoms with Crippen LogP contribution in [0.4, 0.5) is 11.4 Å². The molecule has 3 aromatic rings. The number of ketones is 1. The first-order chi connectivity index (χ1) is 20.4. The Hall–Kier alpha value is -4.81. The molecule has 3 aromatic carbocycles. The van der Waals surface area contributed by atoms with E-state index in [0.29, 0.717) is 52.7 Å². The van der Waals surface area contributed by atoms with E-state index < -0.39 is 5.92 Å². The first kappa shape index (κ1) is 28.7. The summed E-state index contributed by atoms with van der Waals surface area (Å²) in [5.74, 6) is -0.136. The van der Waals surface area contributed by atoms with Gasteiger partial charge in [0.1, 0.15) is 12.4 Å². The molecule has 2 amide bonds. The van der Waals surface area contributed by atoms with Gasteiger partial charge in [-0.15, -0.1) is 0 Å². The van der Waals surface area contributed by atoms with Crippen LogP contribution >= 0.6 is 11.8 Å².